The zero-order valence-corrected chi connectivity index (χ0v) is 11.8. The Bertz CT molecular complexity index is 395. The molecule has 0 saturated carbocycles. The molecule has 3 nitrogen and oxygen atoms in total. The van der Waals surface area contributed by atoms with Gasteiger partial charge in [0.25, 0.3) is 0 Å². The predicted molar refractivity (Wildman–Crippen MR) is 48.2 cm³/mol. The van der Waals surface area contributed by atoms with Crippen LogP contribution in [-0.4, -0.2) is 25.2 Å². The molecule has 0 aromatic heterocycles. The Kier molecular flexibility index (Phi) is 6.05. The number of benzene rings is 1. The van der Waals surface area contributed by atoms with Crippen molar-refractivity contribution in [2.45, 2.75) is 0 Å². The SMILES string of the molecule is COC(=O)c1ccc(O)c([B-](F)(F)F)c1.[K+]. The summed E-state index contributed by atoms with van der Waals surface area (Å²) in [5.74, 6) is -1.77. The molecule has 82 valence electrons. The average Bonchev–Trinajstić information content (AvgIpc) is 2.15. The van der Waals surface area contributed by atoms with E-state index in [0.717, 1.165) is 19.2 Å². The summed E-state index contributed by atoms with van der Waals surface area (Å²) in [6.07, 6.45) is 0. The molecule has 0 saturated heterocycles. The van der Waals surface area contributed by atoms with Crippen molar-refractivity contribution in [3.8, 4) is 5.75 Å². The zero-order valence-electron chi connectivity index (χ0n) is 8.71. The summed E-state index contributed by atoms with van der Waals surface area (Å²) in [6.45, 7) is -5.34. The number of phenols is 1. The maximum atomic E-state index is 12.3. The fraction of sp³-hybridized carbons (Fsp3) is 0.125. The van der Waals surface area contributed by atoms with Crippen molar-refractivity contribution in [1.29, 1.82) is 0 Å². The van der Waals surface area contributed by atoms with Gasteiger partial charge in [-0.05, 0) is 12.1 Å². The maximum absolute atomic E-state index is 12.3. The molecule has 0 unspecified atom stereocenters. The maximum Gasteiger partial charge on any atom is 1.00 e. The molecule has 0 atom stereocenters. The largest absolute Gasteiger partial charge is 1.00 e. The molecule has 16 heavy (non-hydrogen) atoms. The number of aromatic hydroxyl groups is 1. The van der Waals surface area contributed by atoms with Gasteiger partial charge in [-0.15, -0.1) is 0 Å². The molecular formula is C8H7BF3KO3. The van der Waals surface area contributed by atoms with Crippen molar-refractivity contribution in [2.75, 3.05) is 7.11 Å². The molecular weight excluding hydrogens is 251 g/mol. The van der Waals surface area contributed by atoms with Gasteiger partial charge in [-0.2, -0.15) is 0 Å². The van der Waals surface area contributed by atoms with Gasteiger partial charge in [-0.1, -0.05) is 11.5 Å². The van der Waals surface area contributed by atoms with E-state index >= 15 is 0 Å². The zero-order chi connectivity index (χ0) is 11.6. The topological polar surface area (TPSA) is 46.5 Å². The number of phenolic OH excluding ortho intramolecular Hbond substituents is 1. The van der Waals surface area contributed by atoms with Crippen LogP contribution in [0.1, 0.15) is 10.4 Å². The number of hydrogen-bond donors (Lipinski definition) is 1. The standard InChI is InChI=1S/C8H7BF3O3.K/c1-15-8(14)5-2-3-7(13)6(4-5)9(10,11)12;/h2-4,13H,1H3;/q-1;+1. The van der Waals surface area contributed by atoms with Crippen molar-refractivity contribution in [3.63, 3.8) is 0 Å². The van der Waals surface area contributed by atoms with Crippen LogP contribution in [0.5, 0.6) is 5.75 Å². The Balaban J connectivity index is 0.00000225. The van der Waals surface area contributed by atoms with Crippen molar-refractivity contribution in [2.24, 2.45) is 0 Å². The fourth-order valence-electron chi connectivity index (χ4n) is 1.06. The van der Waals surface area contributed by atoms with Crippen LogP contribution < -0.4 is 56.8 Å². The van der Waals surface area contributed by atoms with Gasteiger partial charge in [-0.3, -0.25) is 0 Å². The first-order chi connectivity index (χ1) is 6.86. The first-order valence-corrected chi connectivity index (χ1v) is 3.97. The second-order valence-corrected chi connectivity index (χ2v) is 2.84. The Labute approximate surface area is 132 Å². The summed E-state index contributed by atoms with van der Waals surface area (Å²) < 4.78 is 41.3. The molecule has 0 bridgehead atoms. The van der Waals surface area contributed by atoms with Crippen LogP contribution in [0.4, 0.5) is 12.9 Å². The van der Waals surface area contributed by atoms with Crippen LogP contribution in [0.15, 0.2) is 18.2 Å². The molecule has 0 radical (unpaired) electrons. The summed E-state index contributed by atoms with van der Waals surface area (Å²) in [5, 5.41) is 8.97. The van der Waals surface area contributed by atoms with E-state index < -0.39 is 24.2 Å². The third kappa shape index (κ3) is 3.78. The van der Waals surface area contributed by atoms with Crippen molar-refractivity contribution >= 4 is 18.4 Å². The van der Waals surface area contributed by atoms with E-state index in [-0.39, 0.29) is 56.9 Å². The molecule has 8 heteroatoms. The fourth-order valence-corrected chi connectivity index (χ4v) is 1.06. The predicted octanol–water partition coefficient (Wildman–Crippen LogP) is -1.76. The molecule has 1 aromatic rings. The molecule has 0 aliphatic carbocycles. The quantitative estimate of drug-likeness (QED) is 0.505. The summed E-state index contributed by atoms with van der Waals surface area (Å²) in [6, 6.07) is 2.45. The monoisotopic (exact) mass is 258 g/mol. The summed E-state index contributed by atoms with van der Waals surface area (Å²) >= 11 is 0. The molecule has 0 spiro atoms. The third-order valence-electron chi connectivity index (χ3n) is 1.80. The molecule has 0 amide bonds. The van der Waals surface area contributed by atoms with E-state index in [0.29, 0.717) is 6.07 Å². The van der Waals surface area contributed by atoms with E-state index in [1.165, 1.54) is 0 Å². The van der Waals surface area contributed by atoms with Gasteiger partial charge < -0.3 is 22.8 Å². The Hall–Kier alpha value is -0.0187. The normalized spacial score (nSPS) is 10.5. The van der Waals surface area contributed by atoms with Crippen LogP contribution in [0.3, 0.4) is 0 Å². The van der Waals surface area contributed by atoms with Gasteiger partial charge in [0.1, 0.15) is 0 Å². The Morgan fingerprint density at radius 2 is 1.94 bits per heavy atom. The van der Waals surface area contributed by atoms with Gasteiger partial charge in [0.2, 0.25) is 0 Å². The molecule has 0 heterocycles. The van der Waals surface area contributed by atoms with E-state index in [4.69, 9.17) is 5.11 Å². The Morgan fingerprint density at radius 1 is 1.38 bits per heavy atom. The van der Waals surface area contributed by atoms with Gasteiger partial charge in [-0.25, -0.2) is 4.79 Å². The van der Waals surface area contributed by atoms with Crippen LogP contribution in [0.2, 0.25) is 0 Å². The molecule has 0 fully saturated rings. The minimum atomic E-state index is -5.34. The minimum Gasteiger partial charge on any atom is -0.511 e. The van der Waals surface area contributed by atoms with Gasteiger partial charge in [0, 0.05) is 0 Å². The van der Waals surface area contributed by atoms with E-state index in [9.17, 15) is 17.7 Å². The van der Waals surface area contributed by atoms with Gasteiger partial charge in [0.15, 0.2) is 0 Å². The molecule has 1 aromatic carbocycles. The van der Waals surface area contributed by atoms with Crippen molar-refractivity contribution in [1.82, 2.24) is 0 Å². The first-order valence-electron chi connectivity index (χ1n) is 3.97. The smallest absolute Gasteiger partial charge is 0.511 e. The van der Waals surface area contributed by atoms with Crippen LogP contribution >= 0.6 is 0 Å². The third-order valence-corrected chi connectivity index (χ3v) is 1.80. The van der Waals surface area contributed by atoms with Crippen LogP contribution in [0.25, 0.3) is 0 Å². The first kappa shape index (κ1) is 16.0. The van der Waals surface area contributed by atoms with E-state index in [1.54, 1.807) is 0 Å². The number of halogens is 3. The molecule has 1 rings (SSSR count). The number of esters is 1. The van der Waals surface area contributed by atoms with Crippen molar-refractivity contribution in [3.05, 3.63) is 23.8 Å². The van der Waals surface area contributed by atoms with Crippen LogP contribution in [0, 0.1) is 0 Å². The number of hydrogen-bond acceptors (Lipinski definition) is 3. The number of methoxy groups -OCH3 is 1. The summed E-state index contributed by atoms with van der Waals surface area (Å²) in [4.78, 5) is 10.9. The second kappa shape index (κ2) is 6.06. The molecule has 1 N–H and O–H groups in total. The summed E-state index contributed by atoms with van der Waals surface area (Å²) in [7, 11) is 1.06. The molecule has 0 aliphatic heterocycles. The van der Waals surface area contributed by atoms with Gasteiger partial charge in [0.05, 0.1) is 18.4 Å². The van der Waals surface area contributed by atoms with Crippen molar-refractivity contribution < 1.29 is 79.0 Å². The second-order valence-electron chi connectivity index (χ2n) is 2.84. The summed E-state index contributed by atoms with van der Waals surface area (Å²) in [5.41, 5.74) is -1.44. The molecule has 0 aliphatic rings. The number of rotatable bonds is 2. The van der Waals surface area contributed by atoms with E-state index in [1.807, 2.05) is 0 Å². The number of ether oxygens (including phenoxy) is 1. The van der Waals surface area contributed by atoms with Crippen LogP contribution in [-0.2, 0) is 4.74 Å². The van der Waals surface area contributed by atoms with E-state index in [2.05, 4.69) is 4.74 Å². The minimum absolute atomic E-state index is 0. The number of carbonyl (C=O) groups is 1. The Morgan fingerprint density at radius 3 is 2.38 bits per heavy atom. The number of carbonyl (C=O) groups excluding carboxylic acids is 1. The average molecular weight is 258 g/mol. The van der Waals surface area contributed by atoms with Gasteiger partial charge >= 0.3 is 64.3 Å².